The minimum Gasteiger partial charge on any atom is -0.406 e. The third-order valence-corrected chi connectivity index (χ3v) is 13.4. The molecule has 16 heteroatoms. The maximum absolute atomic E-state index is 13.2. The molecular formula is C48H57F3N8O5. The van der Waals surface area contributed by atoms with Crippen molar-refractivity contribution in [1.82, 2.24) is 30.0 Å². The number of fused-ring (bicyclic) bond motifs is 2. The van der Waals surface area contributed by atoms with Crippen LogP contribution >= 0.6 is 0 Å². The van der Waals surface area contributed by atoms with Crippen molar-refractivity contribution >= 4 is 45.9 Å². The van der Waals surface area contributed by atoms with Crippen LogP contribution in [0.2, 0.25) is 0 Å². The first-order valence-electron chi connectivity index (χ1n) is 22.8. The number of piperazine rings is 1. The maximum Gasteiger partial charge on any atom is 0.573 e. The number of carbonyl (C=O) groups excluding carboxylic acids is 4. The average molecular weight is 883 g/mol. The number of nitrogens with two attached hydrogens (primary N) is 1. The molecule has 0 bridgehead atoms. The van der Waals surface area contributed by atoms with Gasteiger partial charge in [0.1, 0.15) is 18.1 Å². The van der Waals surface area contributed by atoms with Crippen molar-refractivity contribution in [2.45, 2.75) is 108 Å². The zero-order chi connectivity index (χ0) is 44.8. The van der Waals surface area contributed by atoms with Gasteiger partial charge in [0.2, 0.25) is 11.8 Å². The molecule has 0 spiro atoms. The molecule has 3 N–H and O–H groups in total. The summed E-state index contributed by atoms with van der Waals surface area (Å²) in [6.07, 6.45) is 9.32. The minimum absolute atomic E-state index is 0.0605. The van der Waals surface area contributed by atoms with E-state index in [-0.39, 0.29) is 47.2 Å². The fourth-order valence-corrected chi connectivity index (χ4v) is 9.87. The summed E-state index contributed by atoms with van der Waals surface area (Å²) in [6.45, 7) is 6.46. The van der Waals surface area contributed by atoms with Crippen molar-refractivity contribution in [2.24, 2.45) is 0 Å². The van der Waals surface area contributed by atoms with E-state index in [1.807, 2.05) is 12.1 Å². The highest BCUT2D eigenvalue weighted by molar-refractivity contribution is 6.05. The monoisotopic (exact) mass is 882 g/mol. The largest absolute Gasteiger partial charge is 0.573 e. The highest BCUT2D eigenvalue weighted by atomic mass is 19.4. The lowest BCUT2D eigenvalue weighted by Crippen LogP contribution is -2.52. The zero-order valence-electron chi connectivity index (χ0n) is 36.2. The van der Waals surface area contributed by atoms with E-state index in [4.69, 9.17) is 5.73 Å². The third kappa shape index (κ3) is 10.6. The highest BCUT2D eigenvalue weighted by Gasteiger charge is 2.40. The van der Waals surface area contributed by atoms with Crippen LogP contribution < -0.4 is 20.7 Å². The SMILES string of the molecule is Nc1cc(OC(F)(F)F)ccc1C(=O)N1CCC(c2ncnc3cc(N4CCN(CCCCCCCCCCc5cccc6c5CN(C5CCC(=O)NC5=O)C6=O)CC4)ccc23)CC1. The Kier molecular flexibility index (Phi) is 14.0. The van der Waals surface area contributed by atoms with Gasteiger partial charge in [-0.05, 0) is 92.6 Å². The van der Waals surface area contributed by atoms with Gasteiger partial charge in [-0.25, -0.2) is 9.97 Å². The van der Waals surface area contributed by atoms with Gasteiger partial charge in [-0.1, -0.05) is 50.7 Å². The number of aryl methyl sites for hydroxylation is 1. The molecule has 3 aromatic carbocycles. The molecule has 1 atom stereocenters. The fraction of sp³-hybridized carbons (Fsp3) is 0.500. The standard InChI is InChI=1S/C48H57F3N8O5/c49-48(50,51)64-35-14-16-37(40(52)29-35)46(62)58-22-19-33(20-23-58)44-38-15-13-34(28-41(38)53-31-54-44)57-26-24-56(25-27-57)21-8-6-4-2-1-3-5-7-10-32-11-9-12-36-39(32)30-59(47(36)63)42-17-18-43(60)55-45(42)61/h9,11-16,28-29,31,33,42H,1-8,10,17-27,30,52H2,(H,55,60,61). The van der Waals surface area contributed by atoms with Crippen molar-refractivity contribution in [3.8, 4) is 5.75 Å². The number of anilines is 2. The van der Waals surface area contributed by atoms with Gasteiger partial charge in [0, 0.05) is 86.5 Å². The van der Waals surface area contributed by atoms with Crippen LogP contribution in [0.25, 0.3) is 10.9 Å². The number of rotatable bonds is 16. The van der Waals surface area contributed by atoms with Gasteiger partial charge in [-0.3, -0.25) is 29.4 Å². The lowest BCUT2D eigenvalue weighted by atomic mass is 9.90. The van der Waals surface area contributed by atoms with Crippen LogP contribution in [0.15, 0.2) is 60.9 Å². The van der Waals surface area contributed by atoms with Crippen molar-refractivity contribution in [3.05, 3.63) is 88.9 Å². The van der Waals surface area contributed by atoms with Crippen LogP contribution in [0, 0.1) is 0 Å². The number of benzene rings is 3. The molecule has 0 aliphatic carbocycles. The normalized spacial score (nSPS) is 18.8. The van der Waals surface area contributed by atoms with Gasteiger partial charge in [0.15, 0.2) is 0 Å². The number of halogens is 3. The number of alkyl halides is 3. The van der Waals surface area contributed by atoms with E-state index < -0.39 is 18.2 Å². The molecule has 3 saturated heterocycles. The number of carbonyl (C=O) groups is 4. The molecule has 1 unspecified atom stereocenters. The van der Waals surface area contributed by atoms with Gasteiger partial charge >= 0.3 is 6.36 Å². The zero-order valence-corrected chi connectivity index (χ0v) is 36.2. The van der Waals surface area contributed by atoms with Gasteiger partial charge in [-0.2, -0.15) is 0 Å². The van der Waals surface area contributed by atoms with E-state index in [9.17, 15) is 32.3 Å². The van der Waals surface area contributed by atoms with E-state index >= 15 is 0 Å². The van der Waals surface area contributed by atoms with Crippen molar-refractivity contribution in [3.63, 3.8) is 0 Å². The Morgan fingerprint density at radius 1 is 0.828 bits per heavy atom. The molecule has 5 heterocycles. The minimum atomic E-state index is -4.84. The number of nitrogens with one attached hydrogen (secondary N) is 1. The fourth-order valence-electron chi connectivity index (χ4n) is 9.87. The van der Waals surface area contributed by atoms with Gasteiger partial charge < -0.3 is 25.2 Å². The first-order valence-corrected chi connectivity index (χ1v) is 22.8. The Labute approximate surface area is 371 Å². The Balaban J connectivity index is 0.705. The molecule has 0 saturated carbocycles. The molecule has 1 aromatic heterocycles. The smallest absolute Gasteiger partial charge is 0.406 e. The number of unbranched alkanes of at least 4 members (excludes halogenated alkanes) is 7. The Morgan fingerprint density at radius 2 is 1.56 bits per heavy atom. The number of likely N-dealkylation sites (tertiary alicyclic amines) is 1. The molecule has 340 valence electrons. The molecule has 13 nitrogen and oxygen atoms in total. The molecule has 8 rings (SSSR count). The Bertz CT molecular complexity index is 2340. The summed E-state index contributed by atoms with van der Waals surface area (Å²) in [5, 5.41) is 3.39. The highest BCUT2D eigenvalue weighted by Crippen LogP contribution is 2.35. The molecule has 4 aromatic rings. The van der Waals surface area contributed by atoms with E-state index in [1.165, 1.54) is 50.2 Å². The van der Waals surface area contributed by atoms with E-state index in [0.29, 0.717) is 44.5 Å². The van der Waals surface area contributed by atoms with Crippen LogP contribution in [-0.4, -0.2) is 107 Å². The number of imide groups is 1. The molecule has 4 amide bonds. The lowest BCUT2D eigenvalue weighted by Gasteiger charge is -2.36. The summed E-state index contributed by atoms with van der Waals surface area (Å²) in [5.74, 6) is -1.41. The molecule has 3 fully saturated rings. The molecular weight excluding hydrogens is 826 g/mol. The summed E-state index contributed by atoms with van der Waals surface area (Å²) in [7, 11) is 0. The number of hydrogen-bond donors (Lipinski definition) is 2. The molecule has 0 radical (unpaired) electrons. The molecule has 4 aliphatic heterocycles. The Morgan fingerprint density at radius 3 is 2.28 bits per heavy atom. The van der Waals surface area contributed by atoms with E-state index in [0.717, 1.165) is 92.0 Å². The number of nitrogens with zero attached hydrogens (tertiary/aromatic N) is 6. The quantitative estimate of drug-likeness (QED) is 0.0662. The number of aromatic nitrogens is 2. The summed E-state index contributed by atoms with van der Waals surface area (Å²) >= 11 is 0. The van der Waals surface area contributed by atoms with E-state index in [2.05, 4.69) is 54.1 Å². The third-order valence-electron chi connectivity index (χ3n) is 13.4. The average Bonchev–Trinajstić information content (AvgIpc) is 3.62. The van der Waals surface area contributed by atoms with Crippen LogP contribution in [-0.2, 0) is 22.6 Å². The second-order valence-electron chi connectivity index (χ2n) is 17.6. The van der Waals surface area contributed by atoms with Gasteiger partial charge in [-0.15, -0.1) is 13.2 Å². The molecule has 64 heavy (non-hydrogen) atoms. The summed E-state index contributed by atoms with van der Waals surface area (Å²) in [4.78, 5) is 68.0. The topological polar surface area (TPSA) is 154 Å². The van der Waals surface area contributed by atoms with Crippen LogP contribution in [0.5, 0.6) is 5.75 Å². The first kappa shape index (κ1) is 44.8. The summed E-state index contributed by atoms with van der Waals surface area (Å²) in [6, 6.07) is 15.2. The second-order valence-corrected chi connectivity index (χ2v) is 17.6. The first-order chi connectivity index (χ1) is 30.9. The van der Waals surface area contributed by atoms with Crippen molar-refractivity contribution < 1.29 is 37.1 Å². The van der Waals surface area contributed by atoms with Crippen LogP contribution in [0.3, 0.4) is 0 Å². The van der Waals surface area contributed by atoms with E-state index in [1.54, 1.807) is 16.1 Å². The number of amides is 4. The lowest BCUT2D eigenvalue weighted by molar-refractivity contribution is -0.274. The predicted octanol–water partition coefficient (Wildman–Crippen LogP) is 7.38. The predicted molar refractivity (Wildman–Crippen MR) is 237 cm³/mol. The number of nitrogen functional groups attached to an aromatic ring is 1. The second kappa shape index (κ2) is 20.0. The number of piperidine rings is 2. The molecule has 4 aliphatic rings. The summed E-state index contributed by atoms with van der Waals surface area (Å²) in [5.41, 5.74) is 12.0. The van der Waals surface area contributed by atoms with Crippen molar-refractivity contribution in [2.75, 3.05) is 56.4 Å². The Hall–Kier alpha value is -5.77. The number of hydrogen-bond acceptors (Lipinski definition) is 10. The maximum atomic E-state index is 13.2. The summed E-state index contributed by atoms with van der Waals surface area (Å²) < 4.78 is 41.8. The van der Waals surface area contributed by atoms with Crippen molar-refractivity contribution in [1.29, 1.82) is 0 Å². The van der Waals surface area contributed by atoms with Crippen LogP contribution in [0.4, 0.5) is 24.5 Å². The van der Waals surface area contributed by atoms with Gasteiger partial charge in [0.25, 0.3) is 11.8 Å². The van der Waals surface area contributed by atoms with Crippen LogP contribution in [0.1, 0.15) is 121 Å². The van der Waals surface area contributed by atoms with Gasteiger partial charge in [0.05, 0.1) is 16.8 Å². The number of ether oxygens (including phenoxy) is 1.